The van der Waals surface area contributed by atoms with Gasteiger partial charge in [-0.3, -0.25) is 0 Å². The zero-order valence-electron chi connectivity index (χ0n) is 20.2. The van der Waals surface area contributed by atoms with Crippen LogP contribution in [0.3, 0.4) is 0 Å². The van der Waals surface area contributed by atoms with Gasteiger partial charge in [-0.15, -0.1) is 0 Å². The highest BCUT2D eigenvalue weighted by atomic mass is 32.2. The standard InChI is InChI=1S/C27H24N2O7S2/c1-2-20-15-17-24(18-16-20)37(31,32)35-22-10-8-9-21(19-22)28-27(30)29-25-13-6-7-14-26(25)36-38(33,34)23-11-4-3-5-12-23/h3-19H,2H2,1H3,(H2,28,29,30). The maximum atomic E-state index is 12.7. The highest BCUT2D eigenvalue weighted by Gasteiger charge is 2.20. The molecule has 4 rings (SSSR count). The third kappa shape index (κ3) is 6.69. The molecule has 0 spiro atoms. The Bertz CT molecular complexity index is 1640. The molecule has 0 aliphatic heterocycles. The number of urea groups is 1. The van der Waals surface area contributed by atoms with Gasteiger partial charge in [-0.2, -0.15) is 16.8 Å². The summed E-state index contributed by atoms with van der Waals surface area (Å²) in [5, 5.41) is 5.10. The predicted molar refractivity (Wildman–Crippen MR) is 143 cm³/mol. The van der Waals surface area contributed by atoms with Crippen molar-refractivity contribution >= 4 is 37.6 Å². The number of para-hydroxylation sites is 2. The van der Waals surface area contributed by atoms with E-state index in [4.69, 9.17) is 8.37 Å². The normalized spacial score (nSPS) is 11.4. The second-order valence-corrected chi connectivity index (χ2v) is 11.1. The lowest BCUT2D eigenvalue weighted by molar-refractivity contribution is 0.262. The van der Waals surface area contributed by atoms with E-state index in [1.165, 1.54) is 60.7 Å². The van der Waals surface area contributed by atoms with E-state index in [-0.39, 0.29) is 32.7 Å². The predicted octanol–water partition coefficient (Wildman–Crippen LogP) is 5.43. The summed E-state index contributed by atoms with van der Waals surface area (Å²) in [5.41, 5.74) is 1.34. The zero-order chi connectivity index (χ0) is 27.2. The summed E-state index contributed by atoms with van der Waals surface area (Å²) in [6, 6.07) is 25.2. The fraction of sp³-hybridized carbons (Fsp3) is 0.0741. The Morgan fingerprint density at radius 1 is 0.684 bits per heavy atom. The topological polar surface area (TPSA) is 128 Å². The molecule has 11 heteroatoms. The van der Waals surface area contributed by atoms with Gasteiger partial charge < -0.3 is 19.0 Å². The third-order valence-electron chi connectivity index (χ3n) is 5.28. The molecule has 0 aromatic heterocycles. The Balaban J connectivity index is 1.45. The second kappa shape index (κ2) is 11.4. The van der Waals surface area contributed by atoms with E-state index in [1.807, 2.05) is 6.92 Å². The van der Waals surface area contributed by atoms with Crippen LogP contribution in [0.4, 0.5) is 16.2 Å². The molecular weight excluding hydrogens is 528 g/mol. The molecule has 0 radical (unpaired) electrons. The number of amides is 2. The Morgan fingerprint density at radius 3 is 2.03 bits per heavy atom. The largest absolute Gasteiger partial charge is 0.379 e. The molecule has 196 valence electrons. The van der Waals surface area contributed by atoms with Crippen LogP contribution < -0.4 is 19.0 Å². The van der Waals surface area contributed by atoms with Crippen LogP contribution in [0.25, 0.3) is 0 Å². The van der Waals surface area contributed by atoms with Crippen LogP contribution >= 0.6 is 0 Å². The maximum Gasteiger partial charge on any atom is 0.339 e. The van der Waals surface area contributed by atoms with E-state index in [0.717, 1.165) is 12.0 Å². The van der Waals surface area contributed by atoms with E-state index < -0.39 is 26.3 Å². The van der Waals surface area contributed by atoms with Gasteiger partial charge in [0.2, 0.25) is 0 Å². The van der Waals surface area contributed by atoms with E-state index in [2.05, 4.69) is 10.6 Å². The molecule has 4 aromatic rings. The highest BCUT2D eigenvalue weighted by Crippen LogP contribution is 2.28. The maximum absolute atomic E-state index is 12.7. The quantitative estimate of drug-likeness (QED) is 0.265. The van der Waals surface area contributed by atoms with E-state index in [0.29, 0.717) is 0 Å². The second-order valence-electron chi connectivity index (χ2n) is 7.99. The zero-order valence-corrected chi connectivity index (χ0v) is 21.8. The number of nitrogens with one attached hydrogen (secondary N) is 2. The monoisotopic (exact) mass is 552 g/mol. The smallest absolute Gasteiger partial charge is 0.339 e. The molecule has 0 aliphatic rings. The minimum Gasteiger partial charge on any atom is -0.379 e. The lowest BCUT2D eigenvalue weighted by Gasteiger charge is -2.13. The Morgan fingerprint density at radius 2 is 1.32 bits per heavy atom. The number of aryl methyl sites for hydroxylation is 1. The summed E-state index contributed by atoms with van der Waals surface area (Å²) in [4.78, 5) is 12.6. The number of benzene rings is 4. The first-order valence-corrected chi connectivity index (χ1v) is 14.3. The van der Waals surface area contributed by atoms with Crippen molar-refractivity contribution in [3.05, 3.63) is 109 Å². The molecule has 4 aromatic carbocycles. The van der Waals surface area contributed by atoms with Crippen LogP contribution in [0.2, 0.25) is 0 Å². The van der Waals surface area contributed by atoms with Gasteiger partial charge in [0, 0.05) is 11.8 Å². The number of hydrogen-bond acceptors (Lipinski definition) is 7. The average Bonchev–Trinajstić information content (AvgIpc) is 2.90. The SMILES string of the molecule is CCc1ccc(S(=O)(=O)Oc2cccc(NC(=O)Nc3ccccc3OS(=O)(=O)c3ccccc3)c2)cc1. The van der Waals surface area contributed by atoms with Crippen molar-refractivity contribution < 1.29 is 30.0 Å². The van der Waals surface area contributed by atoms with Gasteiger partial charge >= 0.3 is 26.3 Å². The summed E-state index contributed by atoms with van der Waals surface area (Å²) in [7, 11) is -8.21. The van der Waals surface area contributed by atoms with Crippen LogP contribution in [0.1, 0.15) is 12.5 Å². The van der Waals surface area contributed by atoms with Gasteiger partial charge in [0.15, 0.2) is 5.75 Å². The van der Waals surface area contributed by atoms with Gasteiger partial charge in [-0.05, 0) is 60.5 Å². The van der Waals surface area contributed by atoms with Gasteiger partial charge in [-0.25, -0.2) is 4.79 Å². The fourth-order valence-corrected chi connectivity index (χ4v) is 5.26. The number of anilines is 2. The van der Waals surface area contributed by atoms with Crippen LogP contribution in [-0.2, 0) is 26.7 Å². The highest BCUT2D eigenvalue weighted by molar-refractivity contribution is 7.87. The number of hydrogen-bond donors (Lipinski definition) is 2. The molecule has 2 amide bonds. The van der Waals surface area contributed by atoms with Gasteiger partial charge in [0.05, 0.1) is 5.69 Å². The molecule has 0 heterocycles. The van der Waals surface area contributed by atoms with Crippen LogP contribution in [0.5, 0.6) is 11.5 Å². The fourth-order valence-electron chi connectivity index (χ4n) is 3.37. The van der Waals surface area contributed by atoms with Crippen molar-refractivity contribution in [2.75, 3.05) is 10.6 Å². The molecule has 2 N–H and O–H groups in total. The van der Waals surface area contributed by atoms with Crippen molar-refractivity contribution in [2.45, 2.75) is 23.1 Å². The van der Waals surface area contributed by atoms with Crippen molar-refractivity contribution in [3.8, 4) is 11.5 Å². The molecule has 38 heavy (non-hydrogen) atoms. The van der Waals surface area contributed by atoms with Crippen molar-refractivity contribution in [1.29, 1.82) is 0 Å². The summed E-state index contributed by atoms with van der Waals surface area (Å²) in [5.74, 6) is -0.0798. The van der Waals surface area contributed by atoms with Crippen molar-refractivity contribution in [1.82, 2.24) is 0 Å². The molecular formula is C27H24N2O7S2. The Hall–Kier alpha value is -4.35. The minimum atomic E-state index is -4.13. The molecule has 0 fully saturated rings. The van der Waals surface area contributed by atoms with Gasteiger partial charge in [0.1, 0.15) is 15.5 Å². The molecule has 0 unspecified atom stereocenters. The van der Waals surface area contributed by atoms with E-state index >= 15 is 0 Å². The number of carbonyl (C=O) groups is 1. The minimum absolute atomic E-state index is 0.0000519. The molecule has 0 aliphatic carbocycles. The first-order chi connectivity index (χ1) is 18.2. The molecule has 9 nitrogen and oxygen atoms in total. The third-order valence-corrected chi connectivity index (χ3v) is 7.79. The van der Waals surface area contributed by atoms with Crippen LogP contribution in [-0.4, -0.2) is 22.9 Å². The number of carbonyl (C=O) groups excluding carboxylic acids is 1. The summed E-state index contributed by atoms with van der Waals surface area (Å²) in [6.07, 6.45) is 0.774. The Labute approximate surface area is 221 Å². The molecule has 0 bridgehead atoms. The molecule has 0 saturated heterocycles. The average molecular weight is 553 g/mol. The summed E-state index contributed by atoms with van der Waals surface area (Å²) in [6.45, 7) is 1.97. The van der Waals surface area contributed by atoms with Gasteiger partial charge in [-0.1, -0.05) is 55.5 Å². The Kier molecular flexibility index (Phi) is 7.99. The van der Waals surface area contributed by atoms with Crippen molar-refractivity contribution in [3.63, 3.8) is 0 Å². The lowest BCUT2D eigenvalue weighted by Crippen LogP contribution is -2.20. The first-order valence-electron chi connectivity index (χ1n) is 11.5. The van der Waals surface area contributed by atoms with Crippen LogP contribution in [0.15, 0.2) is 113 Å². The molecule has 0 saturated carbocycles. The first kappa shape index (κ1) is 26.7. The summed E-state index contributed by atoms with van der Waals surface area (Å²) < 4.78 is 61.0. The number of rotatable bonds is 9. The lowest BCUT2D eigenvalue weighted by atomic mass is 10.2. The van der Waals surface area contributed by atoms with E-state index in [9.17, 15) is 21.6 Å². The van der Waals surface area contributed by atoms with E-state index in [1.54, 1.807) is 42.5 Å². The van der Waals surface area contributed by atoms with Crippen LogP contribution in [0, 0.1) is 0 Å². The van der Waals surface area contributed by atoms with Gasteiger partial charge in [0.25, 0.3) is 0 Å². The van der Waals surface area contributed by atoms with Crippen molar-refractivity contribution in [2.24, 2.45) is 0 Å². The summed E-state index contributed by atoms with van der Waals surface area (Å²) >= 11 is 0. The molecule has 0 atom stereocenters.